The van der Waals surface area contributed by atoms with Crippen LogP contribution >= 0.6 is 0 Å². The average molecular weight is 216 g/mol. The molecule has 0 heterocycles. The molecule has 0 rings (SSSR count). The molecule has 0 radical (unpaired) electrons. The average Bonchev–Trinajstić information content (AvgIpc) is 2.21. The third-order valence-corrected chi connectivity index (χ3v) is 1.30. The van der Waals surface area contributed by atoms with E-state index >= 15 is 0 Å². The van der Waals surface area contributed by atoms with Crippen molar-refractivity contribution in [2.75, 3.05) is 13.2 Å². The van der Waals surface area contributed by atoms with Crippen molar-refractivity contribution in [2.24, 2.45) is 0 Å². The molecule has 0 aromatic heterocycles. The first-order valence-corrected chi connectivity index (χ1v) is 4.23. The van der Waals surface area contributed by atoms with Crippen LogP contribution in [0.3, 0.4) is 0 Å². The highest BCUT2D eigenvalue weighted by Gasteiger charge is 2.06. The van der Waals surface area contributed by atoms with Crippen molar-refractivity contribution in [3.63, 3.8) is 0 Å². The predicted molar refractivity (Wildman–Crippen MR) is 49.0 cm³/mol. The lowest BCUT2D eigenvalue weighted by Gasteiger charge is -2.03. The summed E-state index contributed by atoms with van der Waals surface area (Å²) >= 11 is 0. The minimum atomic E-state index is -1.06. The van der Waals surface area contributed by atoms with E-state index in [4.69, 9.17) is 5.11 Å². The van der Waals surface area contributed by atoms with Crippen molar-refractivity contribution < 1.29 is 29.0 Å². The number of ether oxygens (including phenoxy) is 2. The maximum atomic E-state index is 10.8. The Balaban J connectivity index is 3.43. The van der Waals surface area contributed by atoms with E-state index < -0.39 is 17.9 Å². The second-order valence-electron chi connectivity index (χ2n) is 2.49. The van der Waals surface area contributed by atoms with Gasteiger partial charge < -0.3 is 14.6 Å². The number of hydrogen-bond donors (Lipinski definition) is 1. The van der Waals surface area contributed by atoms with Crippen LogP contribution in [0.5, 0.6) is 0 Å². The Morgan fingerprint density at radius 2 is 1.73 bits per heavy atom. The Morgan fingerprint density at radius 3 is 2.27 bits per heavy atom. The molecule has 6 heteroatoms. The van der Waals surface area contributed by atoms with Gasteiger partial charge in [-0.2, -0.15) is 0 Å². The molecular weight excluding hydrogens is 204 g/mol. The van der Waals surface area contributed by atoms with Crippen molar-refractivity contribution in [3.05, 3.63) is 12.7 Å². The second-order valence-corrected chi connectivity index (χ2v) is 2.49. The Bertz CT molecular complexity index is 257. The van der Waals surface area contributed by atoms with Gasteiger partial charge in [-0.1, -0.05) is 6.58 Å². The number of carboxylic acid groups (broad SMARTS) is 1. The van der Waals surface area contributed by atoms with Crippen LogP contribution in [0.1, 0.15) is 12.8 Å². The SMILES string of the molecule is C=CC(=O)OCCOC(=O)CCC(=O)O. The minimum absolute atomic E-state index is 0.0658. The van der Waals surface area contributed by atoms with Crippen molar-refractivity contribution in [2.45, 2.75) is 12.8 Å². The molecule has 0 unspecified atom stereocenters. The van der Waals surface area contributed by atoms with Gasteiger partial charge in [-0.15, -0.1) is 0 Å². The molecule has 0 fully saturated rings. The van der Waals surface area contributed by atoms with Crippen LogP contribution in [-0.4, -0.2) is 36.2 Å². The highest BCUT2D eigenvalue weighted by molar-refractivity contribution is 5.81. The first-order valence-electron chi connectivity index (χ1n) is 4.23. The van der Waals surface area contributed by atoms with Crippen LogP contribution in [0.15, 0.2) is 12.7 Å². The van der Waals surface area contributed by atoms with Crippen LogP contribution in [0.4, 0.5) is 0 Å². The minimum Gasteiger partial charge on any atom is -0.481 e. The van der Waals surface area contributed by atoms with Gasteiger partial charge >= 0.3 is 17.9 Å². The molecule has 0 aromatic carbocycles. The van der Waals surface area contributed by atoms with Crippen molar-refractivity contribution >= 4 is 17.9 Å². The Kier molecular flexibility index (Phi) is 6.61. The predicted octanol–water partition coefficient (Wildman–Crippen LogP) is 0.124. The first-order chi connectivity index (χ1) is 7.06. The second kappa shape index (κ2) is 7.54. The molecule has 0 saturated heterocycles. The summed E-state index contributed by atoms with van der Waals surface area (Å²) in [5.41, 5.74) is 0. The number of esters is 2. The van der Waals surface area contributed by atoms with E-state index in [2.05, 4.69) is 16.1 Å². The molecule has 0 saturated carbocycles. The van der Waals surface area contributed by atoms with Crippen molar-refractivity contribution in [3.8, 4) is 0 Å². The third kappa shape index (κ3) is 8.48. The summed E-state index contributed by atoms with van der Waals surface area (Å²) in [4.78, 5) is 31.4. The van der Waals surface area contributed by atoms with Crippen molar-refractivity contribution in [1.82, 2.24) is 0 Å². The molecule has 0 spiro atoms. The van der Waals surface area contributed by atoms with E-state index in [1.165, 1.54) is 0 Å². The fraction of sp³-hybridized carbons (Fsp3) is 0.444. The molecule has 0 aromatic rings. The van der Waals surface area contributed by atoms with Crippen LogP contribution in [-0.2, 0) is 23.9 Å². The third-order valence-electron chi connectivity index (χ3n) is 1.30. The van der Waals surface area contributed by atoms with Crippen LogP contribution in [0.2, 0.25) is 0 Å². The van der Waals surface area contributed by atoms with E-state index in [1.54, 1.807) is 0 Å². The fourth-order valence-electron chi connectivity index (χ4n) is 0.638. The molecule has 0 aliphatic carbocycles. The zero-order valence-corrected chi connectivity index (χ0v) is 8.10. The van der Waals surface area contributed by atoms with Gasteiger partial charge in [-0.25, -0.2) is 4.79 Å². The lowest BCUT2D eigenvalue weighted by molar-refractivity contribution is -0.151. The normalized spacial score (nSPS) is 9.07. The van der Waals surface area contributed by atoms with Crippen molar-refractivity contribution in [1.29, 1.82) is 0 Å². The largest absolute Gasteiger partial charge is 0.481 e. The van der Waals surface area contributed by atoms with Gasteiger partial charge in [0.2, 0.25) is 0 Å². The summed E-state index contributed by atoms with van der Waals surface area (Å²) in [6, 6.07) is 0. The molecule has 84 valence electrons. The molecule has 0 bridgehead atoms. The van der Waals surface area contributed by atoms with Crippen LogP contribution in [0.25, 0.3) is 0 Å². The van der Waals surface area contributed by atoms with E-state index in [9.17, 15) is 14.4 Å². The maximum absolute atomic E-state index is 10.8. The summed E-state index contributed by atoms with van der Waals surface area (Å²) in [5.74, 6) is -2.30. The Hall–Kier alpha value is -1.85. The molecule has 15 heavy (non-hydrogen) atoms. The van der Waals surface area contributed by atoms with E-state index in [0.717, 1.165) is 6.08 Å². The summed E-state index contributed by atoms with van der Waals surface area (Å²) in [6.07, 6.45) is 0.530. The van der Waals surface area contributed by atoms with Gasteiger partial charge in [0.15, 0.2) is 0 Å². The van der Waals surface area contributed by atoms with Gasteiger partial charge in [-0.05, 0) is 0 Å². The van der Waals surface area contributed by atoms with Gasteiger partial charge in [-0.3, -0.25) is 9.59 Å². The molecule has 6 nitrogen and oxygen atoms in total. The van der Waals surface area contributed by atoms with E-state index in [0.29, 0.717) is 0 Å². The summed E-state index contributed by atoms with van der Waals surface area (Å²) in [5, 5.41) is 8.25. The quantitative estimate of drug-likeness (QED) is 0.369. The van der Waals surface area contributed by atoms with Gasteiger partial charge in [0, 0.05) is 6.08 Å². The highest BCUT2D eigenvalue weighted by atomic mass is 16.6. The van der Waals surface area contributed by atoms with Crippen LogP contribution in [0, 0.1) is 0 Å². The standard InChI is InChI=1S/C9H12O6/c1-2-8(12)14-5-6-15-9(13)4-3-7(10)11/h2H,1,3-6H2,(H,10,11). The number of carboxylic acids is 1. The van der Waals surface area contributed by atoms with E-state index in [-0.39, 0.29) is 26.1 Å². The lowest BCUT2D eigenvalue weighted by atomic mass is 10.3. The topological polar surface area (TPSA) is 89.9 Å². The summed E-state index contributed by atoms with van der Waals surface area (Å²) in [7, 11) is 0. The number of aliphatic carboxylic acids is 1. The zero-order chi connectivity index (χ0) is 11.7. The number of rotatable bonds is 7. The van der Waals surface area contributed by atoms with E-state index in [1.807, 2.05) is 0 Å². The number of carbonyl (C=O) groups excluding carboxylic acids is 2. The smallest absolute Gasteiger partial charge is 0.330 e. The van der Waals surface area contributed by atoms with Gasteiger partial charge in [0.25, 0.3) is 0 Å². The number of carbonyl (C=O) groups is 3. The maximum Gasteiger partial charge on any atom is 0.330 e. The zero-order valence-electron chi connectivity index (χ0n) is 8.10. The monoisotopic (exact) mass is 216 g/mol. The lowest BCUT2D eigenvalue weighted by Crippen LogP contribution is -2.13. The molecular formula is C9H12O6. The van der Waals surface area contributed by atoms with Gasteiger partial charge in [0.05, 0.1) is 12.8 Å². The Labute approximate surface area is 86.5 Å². The summed E-state index contributed by atoms with van der Waals surface area (Å²) in [6.45, 7) is 3.02. The molecule has 0 aliphatic heterocycles. The summed E-state index contributed by atoms with van der Waals surface area (Å²) < 4.78 is 9.09. The fourth-order valence-corrected chi connectivity index (χ4v) is 0.638. The molecule has 0 atom stereocenters. The van der Waals surface area contributed by atoms with Crippen LogP contribution < -0.4 is 0 Å². The molecule has 0 aliphatic rings. The highest BCUT2D eigenvalue weighted by Crippen LogP contribution is 1.92. The first kappa shape index (κ1) is 13.2. The molecule has 1 N–H and O–H groups in total. The Morgan fingerprint density at radius 1 is 1.13 bits per heavy atom. The number of hydrogen-bond acceptors (Lipinski definition) is 5. The molecule has 0 amide bonds. The van der Waals surface area contributed by atoms with Gasteiger partial charge in [0.1, 0.15) is 13.2 Å².